The molecule has 0 bridgehead atoms. The van der Waals surface area contributed by atoms with E-state index in [1.54, 1.807) is 23.1 Å². The Bertz CT molecular complexity index is 827. The summed E-state index contributed by atoms with van der Waals surface area (Å²) in [6.07, 6.45) is 0. The molecular formula is C20H20N2OS2. The molecule has 3 nitrogen and oxygen atoms in total. The highest BCUT2D eigenvalue weighted by atomic mass is 32.2. The number of amides is 1. The Hall–Kier alpha value is -2.11. The topological polar surface area (TPSA) is 42.0 Å². The lowest BCUT2D eigenvalue weighted by Gasteiger charge is -2.13. The minimum atomic E-state index is -0.0795. The lowest BCUT2D eigenvalue weighted by atomic mass is 10.0. The van der Waals surface area contributed by atoms with Crippen molar-refractivity contribution in [2.24, 2.45) is 0 Å². The molecule has 0 aliphatic rings. The molecule has 25 heavy (non-hydrogen) atoms. The van der Waals surface area contributed by atoms with Gasteiger partial charge in [-0.1, -0.05) is 32.0 Å². The molecule has 3 aromatic rings. The molecule has 0 radical (unpaired) electrons. The maximum absolute atomic E-state index is 12.5. The van der Waals surface area contributed by atoms with Crippen LogP contribution in [-0.2, 0) is 5.75 Å². The highest BCUT2D eigenvalue weighted by Gasteiger charge is 2.11. The van der Waals surface area contributed by atoms with Crippen molar-refractivity contribution < 1.29 is 4.79 Å². The summed E-state index contributed by atoms with van der Waals surface area (Å²) in [5.74, 6) is 1.13. The molecule has 128 valence electrons. The van der Waals surface area contributed by atoms with Gasteiger partial charge in [-0.05, 0) is 41.8 Å². The number of hydrogen-bond acceptors (Lipinski definition) is 4. The van der Waals surface area contributed by atoms with Crippen LogP contribution in [0.4, 0.5) is 5.69 Å². The second-order valence-corrected chi connectivity index (χ2v) is 7.76. The van der Waals surface area contributed by atoms with Crippen LogP contribution in [0.1, 0.15) is 41.4 Å². The van der Waals surface area contributed by atoms with Gasteiger partial charge in [-0.15, -0.1) is 23.1 Å². The number of benzene rings is 2. The summed E-state index contributed by atoms with van der Waals surface area (Å²) in [5.41, 5.74) is 5.62. The fraction of sp³-hybridized carbons (Fsp3) is 0.200. The monoisotopic (exact) mass is 368 g/mol. The SMILES string of the molecule is CC(C)c1ccccc1NC(=O)c1ccc(SCc2cscn2)cc1. The predicted molar refractivity (Wildman–Crippen MR) is 107 cm³/mol. The van der Waals surface area contributed by atoms with Crippen LogP contribution in [0.25, 0.3) is 0 Å². The summed E-state index contributed by atoms with van der Waals surface area (Å²) < 4.78 is 0. The van der Waals surface area contributed by atoms with Crippen molar-refractivity contribution in [2.75, 3.05) is 5.32 Å². The molecule has 0 atom stereocenters. The van der Waals surface area contributed by atoms with Crippen molar-refractivity contribution in [1.82, 2.24) is 4.98 Å². The fourth-order valence-corrected chi connectivity index (χ4v) is 3.94. The molecule has 0 fully saturated rings. The average Bonchev–Trinajstić information content (AvgIpc) is 3.14. The summed E-state index contributed by atoms with van der Waals surface area (Å²) in [6, 6.07) is 15.7. The quantitative estimate of drug-likeness (QED) is 0.558. The molecule has 0 unspecified atom stereocenters. The van der Waals surface area contributed by atoms with Gasteiger partial charge in [0.15, 0.2) is 0 Å². The number of hydrogen-bond donors (Lipinski definition) is 1. The Morgan fingerprint density at radius 2 is 1.92 bits per heavy atom. The first kappa shape index (κ1) is 17.7. The zero-order valence-corrected chi connectivity index (χ0v) is 15.9. The Balaban J connectivity index is 1.65. The number of carbonyl (C=O) groups is 1. The fourth-order valence-electron chi connectivity index (χ4n) is 2.48. The number of carbonyl (C=O) groups excluding carboxylic acids is 1. The van der Waals surface area contributed by atoms with Crippen molar-refractivity contribution in [2.45, 2.75) is 30.4 Å². The largest absolute Gasteiger partial charge is 0.322 e. The van der Waals surface area contributed by atoms with Crippen LogP contribution in [0.3, 0.4) is 0 Å². The van der Waals surface area contributed by atoms with E-state index in [4.69, 9.17) is 0 Å². The average molecular weight is 369 g/mol. The van der Waals surface area contributed by atoms with E-state index in [0.29, 0.717) is 11.5 Å². The zero-order valence-electron chi connectivity index (χ0n) is 14.2. The van der Waals surface area contributed by atoms with Gasteiger partial charge < -0.3 is 5.32 Å². The third-order valence-electron chi connectivity index (χ3n) is 3.82. The zero-order chi connectivity index (χ0) is 17.6. The standard InChI is InChI=1S/C20H20N2OS2/c1-14(2)18-5-3-4-6-19(18)22-20(23)15-7-9-17(10-8-15)25-12-16-11-24-13-21-16/h3-11,13-14H,12H2,1-2H3,(H,22,23). The predicted octanol–water partition coefficient (Wildman–Crippen LogP) is 5.81. The van der Waals surface area contributed by atoms with Crippen molar-refractivity contribution in [1.29, 1.82) is 0 Å². The van der Waals surface area contributed by atoms with E-state index in [1.807, 2.05) is 48.0 Å². The lowest BCUT2D eigenvalue weighted by molar-refractivity contribution is 0.102. The molecule has 1 aromatic heterocycles. The Morgan fingerprint density at radius 1 is 1.16 bits per heavy atom. The minimum Gasteiger partial charge on any atom is -0.322 e. The molecular weight excluding hydrogens is 348 g/mol. The van der Waals surface area contributed by atoms with Gasteiger partial charge in [0.25, 0.3) is 5.91 Å². The first-order valence-electron chi connectivity index (χ1n) is 8.13. The van der Waals surface area contributed by atoms with Gasteiger partial charge in [-0.25, -0.2) is 4.98 Å². The molecule has 0 aliphatic carbocycles. The number of rotatable bonds is 6. The van der Waals surface area contributed by atoms with Gasteiger partial charge in [-0.3, -0.25) is 4.79 Å². The van der Waals surface area contributed by atoms with Crippen LogP contribution in [0.5, 0.6) is 0 Å². The molecule has 3 rings (SSSR count). The van der Waals surface area contributed by atoms with Gasteiger partial charge in [0.05, 0.1) is 11.2 Å². The van der Waals surface area contributed by atoms with Crippen LogP contribution in [0.15, 0.2) is 64.3 Å². The van der Waals surface area contributed by atoms with Crippen LogP contribution in [0, 0.1) is 0 Å². The molecule has 1 amide bonds. The van der Waals surface area contributed by atoms with E-state index >= 15 is 0 Å². The van der Waals surface area contributed by atoms with Crippen molar-refractivity contribution in [3.63, 3.8) is 0 Å². The van der Waals surface area contributed by atoms with Crippen LogP contribution < -0.4 is 5.32 Å². The number of para-hydroxylation sites is 1. The number of nitrogens with one attached hydrogen (secondary N) is 1. The van der Waals surface area contributed by atoms with Gasteiger partial charge >= 0.3 is 0 Å². The summed E-state index contributed by atoms with van der Waals surface area (Å²) in [4.78, 5) is 17.9. The summed E-state index contributed by atoms with van der Waals surface area (Å²) in [5, 5.41) is 5.08. The van der Waals surface area contributed by atoms with Crippen molar-refractivity contribution in [3.05, 3.63) is 76.2 Å². The molecule has 2 aromatic carbocycles. The Morgan fingerprint density at radius 3 is 2.60 bits per heavy atom. The maximum atomic E-state index is 12.5. The first-order valence-corrected chi connectivity index (χ1v) is 10.1. The van der Waals surface area contributed by atoms with E-state index < -0.39 is 0 Å². The minimum absolute atomic E-state index is 0.0795. The second kappa shape index (κ2) is 8.32. The van der Waals surface area contributed by atoms with Crippen LogP contribution >= 0.6 is 23.1 Å². The molecule has 5 heteroatoms. The third kappa shape index (κ3) is 4.71. The molecule has 1 heterocycles. The van der Waals surface area contributed by atoms with Gasteiger partial charge in [-0.2, -0.15) is 0 Å². The normalized spacial score (nSPS) is 10.8. The lowest BCUT2D eigenvalue weighted by Crippen LogP contribution is -2.13. The summed E-state index contributed by atoms with van der Waals surface area (Å²) in [6.45, 7) is 4.25. The Kier molecular flexibility index (Phi) is 5.89. The van der Waals surface area contributed by atoms with Crippen LogP contribution in [0.2, 0.25) is 0 Å². The van der Waals surface area contributed by atoms with E-state index in [9.17, 15) is 4.79 Å². The van der Waals surface area contributed by atoms with Gasteiger partial charge in [0, 0.05) is 27.3 Å². The molecule has 1 N–H and O–H groups in total. The number of aromatic nitrogens is 1. The highest BCUT2D eigenvalue weighted by Crippen LogP contribution is 2.25. The number of anilines is 1. The van der Waals surface area contributed by atoms with Gasteiger partial charge in [0.1, 0.15) is 0 Å². The first-order chi connectivity index (χ1) is 12.1. The summed E-state index contributed by atoms with van der Waals surface area (Å²) >= 11 is 3.33. The Labute approximate surface area is 156 Å². The number of thioether (sulfide) groups is 1. The molecule has 0 aliphatic heterocycles. The second-order valence-electron chi connectivity index (χ2n) is 5.99. The van der Waals surface area contributed by atoms with Gasteiger partial charge in [0.2, 0.25) is 0 Å². The third-order valence-corrected chi connectivity index (χ3v) is 5.50. The smallest absolute Gasteiger partial charge is 0.255 e. The molecule has 0 spiro atoms. The summed E-state index contributed by atoms with van der Waals surface area (Å²) in [7, 11) is 0. The number of thiazole rings is 1. The highest BCUT2D eigenvalue weighted by molar-refractivity contribution is 7.98. The van der Waals surface area contributed by atoms with E-state index in [0.717, 1.165) is 27.6 Å². The number of nitrogens with zero attached hydrogens (tertiary/aromatic N) is 1. The van der Waals surface area contributed by atoms with E-state index in [-0.39, 0.29) is 5.91 Å². The van der Waals surface area contributed by atoms with Crippen molar-refractivity contribution >= 4 is 34.7 Å². The molecule has 0 saturated carbocycles. The maximum Gasteiger partial charge on any atom is 0.255 e. The van der Waals surface area contributed by atoms with Crippen LogP contribution in [-0.4, -0.2) is 10.9 Å². The van der Waals surface area contributed by atoms with E-state index in [1.165, 1.54) is 0 Å². The molecule has 0 saturated heterocycles. The van der Waals surface area contributed by atoms with E-state index in [2.05, 4.69) is 35.6 Å². The van der Waals surface area contributed by atoms with Crippen molar-refractivity contribution in [3.8, 4) is 0 Å².